The molecule has 1 aromatic heterocycles. The molecule has 0 radical (unpaired) electrons. The lowest BCUT2D eigenvalue weighted by atomic mass is 10.1. The first kappa shape index (κ1) is 24.6. The number of hydrogen-bond donors (Lipinski definition) is 3. The van der Waals surface area contributed by atoms with Crippen molar-refractivity contribution in [1.82, 2.24) is 20.6 Å². The Hall–Kier alpha value is -4.05. The van der Waals surface area contributed by atoms with Crippen LogP contribution in [0.25, 0.3) is 11.0 Å². The van der Waals surface area contributed by atoms with Gasteiger partial charge in [-0.15, -0.1) is 0 Å². The molecule has 2 atom stereocenters. The average Bonchev–Trinajstić information content (AvgIpc) is 2.85. The van der Waals surface area contributed by atoms with E-state index in [1.54, 1.807) is 6.07 Å². The number of amides is 2. The smallest absolute Gasteiger partial charge is 0.407 e. The van der Waals surface area contributed by atoms with Gasteiger partial charge in [-0.1, -0.05) is 42.5 Å². The molecule has 0 aliphatic carbocycles. The maximum Gasteiger partial charge on any atom is 0.407 e. The summed E-state index contributed by atoms with van der Waals surface area (Å²) in [5, 5.41) is 15.0. The van der Waals surface area contributed by atoms with Crippen LogP contribution in [0.4, 0.5) is 4.79 Å². The topological polar surface area (TPSA) is 140 Å². The number of carbonyl (C=O) groups is 3. The SMILES string of the molecule is COC(=O)[C@@H](Cc1cnc2ccccc2n1)NC(=O)C[C@@H](O)CNC(=O)OCc1ccccc1. The summed E-state index contributed by atoms with van der Waals surface area (Å²) >= 11 is 0. The van der Waals surface area contributed by atoms with Crippen molar-refractivity contribution in [3.63, 3.8) is 0 Å². The quantitative estimate of drug-likeness (QED) is 0.382. The van der Waals surface area contributed by atoms with Crippen molar-refractivity contribution in [1.29, 1.82) is 0 Å². The molecule has 10 nitrogen and oxygen atoms in total. The first-order chi connectivity index (χ1) is 16.4. The summed E-state index contributed by atoms with van der Waals surface area (Å²) in [6.07, 6.45) is -0.634. The molecular formula is C24H26N4O6. The number of aliphatic hydroxyl groups excluding tert-OH is 1. The lowest BCUT2D eigenvalue weighted by molar-refractivity contribution is -0.145. The fourth-order valence-corrected chi connectivity index (χ4v) is 3.15. The largest absolute Gasteiger partial charge is 0.467 e. The van der Waals surface area contributed by atoms with Gasteiger partial charge in [-0.05, 0) is 17.7 Å². The molecule has 0 aliphatic rings. The van der Waals surface area contributed by atoms with Crippen LogP contribution in [0.5, 0.6) is 0 Å². The van der Waals surface area contributed by atoms with Gasteiger partial charge in [0.1, 0.15) is 12.6 Å². The number of para-hydroxylation sites is 2. The molecule has 178 valence electrons. The number of fused-ring (bicyclic) bond motifs is 1. The van der Waals surface area contributed by atoms with E-state index in [4.69, 9.17) is 9.47 Å². The minimum Gasteiger partial charge on any atom is -0.467 e. The van der Waals surface area contributed by atoms with E-state index >= 15 is 0 Å². The molecule has 2 aromatic carbocycles. The van der Waals surface area contributed by atoms with Crippen LogP contribution in [0, 0.1) is 0 Å². The van der Waals surface area contributed by atoms with Gasteiger partial charge in [0.2, 0.25) is 5.91 Å². The van der Waals surface area contributed by atoms with Gasteiger partial charge in [0.25, 0.3) is 0 Å². The number of alkyl carbamates (subject to hydrolysis) is 1. The van der Waals surface area contributed by atoms with Gasteiger partial charge in [0.05, 0.1) is 36.4 Å². The van der Waals surface area contributed by atoms with Crippen LogP contribution in [0.2, 0.25) is 0 Å². The monoisotopic (exact) mass is 466 g/mol. The Labute approximate surface area is 196 Å². The number of benzene rings is 2. The minimum absolute atomic E-state index is 0.0659. The molecule has 3 aromatic rings. The number of rotatable bonds is 10. The molecule has 3 rings (SSSR count). The van der Waals surface area contributed by atoms with Gasteiger partial charge in [0, 0.05) is 19.2 Å². The fourth-order valence-electron chi connectivity index (χ4n) is 3.15. The molecule has 1 heterocycles. The highest BCUT2D eigenvalue weighted by atomic mass is 16.5. The van der Waals surface area contributed by atoms with E-state index in [0.717, 1.165) is 5.56 Å². The van der Waals surface area contributed by atoms with Crippen LogP contribution in [-0.2, 0) is 32.1 Å². The molecule has 0 spiro atoms. The molecule has 0 unspecified atom stereocenters. The van der Waals surface area contributed by atoms with E-state index in [2.05, 4.69) is 20.6 Å². The maximum absolute atomic E-state index is 12.4. The normalized spacial score (nSPS) is 12.4. The highest BCUT2D eigenvalue weighted by Crippen LogP contribution is 2.10. The van der Waals surface area contributed by atoms with Crippen LogP contribution < -0.4 is 10.6 Å². The van der Waals surface area contributed by atoms with Crippen molar-refractivity contribution in [3.8, 4) is 0 Å². The van der Waals surface area contributed by atoms with Crippen LogP contribution in [0.15, 0.2) is 60.8 Å². The zero-order valence-electron chi connectivity index (χ0n) is 18.6. The van der Waals surface area contributed by atoms with E-state index in [9.17, 15) is 19.5 Å². The number of nitrogens with zero attached hydrogens (tertiary/aromatic N) is 2. The lowest BCUT2D eigenvalue weighted by Crippen LogP contribution is -2.45. The molecule has 0 aliphatic heterocycles. The van der Waals surface area contributed by atoms with Gasteiger partial charge in [0.15, 0.2) is 0 Å². The van der Waals surface area contributed by atoms with Crippen LogP contribution >= 0.6 is 0 Å². The fraction of sp³-hybridized carbons (Fsp3) is 0.292. The standard InChI is InChI=1S/C24H26N4O6/c1-33-23(31)21(11-17-13-25-19-9-5-6-10-20(19)27-17)28-22(30)12-18(29)14-26-24(32)34-15-16-7-3-2-4-8-16/h2-10,13,18,21,29H,11-12,14-15H2,1H3,(H,26,32)(H,28,30)/t18-,21-/m1/s1. The summed E-state index contributed by atoms with van der Waals surface area (Å²) in [4.78, 5) is 45.1. The second-order valence-corrected chi connectivity index (χ2v) is 7.50. The number of aliphatic hydroxyl groups is 1. The van der Waals surface area contributed by atoms with E-state index in [1.165, 1.54) is 13.3 Å². The Kier molecular flexibility index (Phi) is 8.87. The van der Waals surface area contributed by atoms with Gasteiger partial charge in [-0.25, -0.2) is 14.6 Å². The molecule has 2 amide bonds. The summed E-state index contributed by atoms with van der Waals surface area (Å²) in [5.74, 6) is -1.24. The number of methoxy groups -OCH3 is 1. The number of aromatic nitrogens is 2. The summed E-state index contributed by atoms with van der Waals surface area (Å²) in [5.41, 5.74) is 2.69. The first-order valence-electron chi connectivity index (χ1n) is 10.6. The Morgan fingerprint density at radius 2 is 1.74 bits per heavy atom. The number of nitrogens with one attached hydrogen (secondary N) is 2. The predicted octanol–water partition coefficient (Wildman–Crippen LogP) is 1.51. The number of ether oxygens (including phenoxy) is 2. The Morgan fingerprint density at radius 3 is 2.47 bits per heavy atom. The van der Waals surface area contributed by atoms with Crippen molar-refractivity contribution in [2.75, 3.05) is 13.7 Å². The summed E-state index contributed by atoms with van der Waals surface area (Å²) in [7, 11) is 1.22. The van der Waals surface area contributed by atoms with E-state index < -0.39 is 30.1 Å². The van der Waals surface area contributed by atoms with Crippen molar-refractivity contribution in [2.24, 2.45) is 0 Å². The molecule has 34 heavy (non-hydrogen) atoms. The molecule has 0 bridgehead atoms. The minimum atomic E-state index is -1.18. The van der Waals surface area contributed by atoms with Crippen molar-refractivity contribution in [2.45, 2.75) is 31.6 Å². The summed E-state index contributed by atoms with van der Waals surface area (Å²) in [6, 6.07) is 15.4. The number of esters is 1. The zero-order chi connectivity index (χ0) is 24.3. The summed E-state index contributed by atoms with van der Waals surface area (Å²) < 4.78 is 9.84. The van der Waals surface area contributed by atoms with Crippen molar-refractivity contribution in [3.05, 3.63) is 72.1 Å². The molecule has 0 saturated carbocycles. The molecule has 0 fully saturated rings. The van der Waals surface area contributed by atoms with Crippen LogP contribution in [0.3, 0.4) is 0 Å². The summed E-state index contributed by atoms with van der Waals surface area (Å²) in [6.45, 7) is -0.109. The first-order valence-corrected chi connectivity index (χ1v) is 10.6. The van der Waals surface area contributed by atoms with Gasteiger partial charge >= 0.3 is 12.1 Å². The number of hydrogen-bond acceptors (Lipinski definition) is 8. The molecule has 10 heteroatoms. The third-order valence-corrected chi connectivity index (χ3v) is 4.85. The van der Waals surface area contributed by atoms with Gasteiger partial charge in [-0.2, -0.15) is 0 Å². The highest BCUT2D eigenvalue weighted by Gasteiger charge is 2.24. The van der Waals surface area contributed by atoms with Gasteiger partial charge < -0.3 is 25.2 Å². The third kappa shape index (κ3) is 7.52. The third-order valence-electron chi connectivity index (χ3n) is 4.85. The zero-order valence-corrected chi connectivity index (χ0v) is 18.6. The predicted molar refractivity (Wildman–Crippen MR) is 122 cm³/mol. The average molecular weight is 466 g/mol. The second-order valence-electron chi connectivity index (χ2n) is 7.50. The van der Waals surface area contributed by atoms with Crippen molar-refractivity contribution >= 4 is 29.0 Å². The Morgan fingerprint density at radius 1 is 1.03 bits per heavy atom. The van der Waals surface area contributed by atoms with Crippen LogP contribution in [-0.4, -0.2) is 58.8 Å². The van der Waals surface area contributed by atoms with E-state index in [-0.39, 0.29) is 26.0 Å². The Balaban J connectivity index is 1.47. The maximum atomic E-state index is 12.4. The van der Waals surface area contributed by atoms with E-state index in [1.807, 2.05) is 48.5 Å². The molecule has 3 N–H and O–H groups in total. The molecular weight excluding hydrogens is 440 g/mol. The highest BCUT2D eigenvalue weighted by molar-refractivity contribution is 5.85. The van der Waals surface area contributed by atoms with Crippen molar-refractivity contribution < 1.29 is 29.0 Å². The van der Waals surface area contributed by atoms with Gasteiger partial charge in [-0.3, -0.25) is 9.78 Å². The Bertz CT molecular complexity index is 1120. The second kappa shape index (κ2) is 12.3. The molecule has 0 saturated heterocycles. The number of carbonyl (C=O) groups excluding carboxylic acids is 3. The lowest BCUT2D eigenvalue weighted by Gasteiger charge is -2.18. The van der Waals surface area contributed by atoms with E-state index in [0.29, 0.717) is 16.7 Å². The van der Waals surface area contributed by atoms with Crippen LogP contribution in [0.1, 0.15) is 17.7 Å².